The molecule has 0 radical (unpaired) electrons. The second-order valence-corrected chi connectivity index (χ2v) is 4.83. The molecule has 2 aliphatic rings. The molecule has 0 aromatic heterocycles. The minimum absolute atomic E-state index is 0.0684. The first-order chi connectivity index (χ1) is 6.51. The Morgan fingerprint density at radius 1 is 1.57 bits per heavy atom. The van der Waals surface area contributed by atoms with E-state index in [1.807, 2.05) is 0 Å². The molecule has 0 bridgehead atoms. The smallest absolute Gasteiger partial charge is 0.242 e. The van der Waals surface area contributed by atoms with Gasteiger partial charge in [-0.15, -0.1) is 0 Å². The molecule has 0 atom stereocenters. The quantitative estimate of drug-likeness (QED) is 0.654. The number of hydrogen-bond acceptors (Lipinski definition) is 3. The summed E-state index contributed by atoms with van der Waals surface area (Å²) in [7, 11) is 1.81. The van der Waals surface area contributed by atoms with Crippen LogP contribution in [0, 0.1) is 5.92 Å². The summed E-state index contributed by atoms with van der Waals surface area (Å²) in [6.45, 7) is 0.745. The topological polar surface area (TPSA) is 66.6 Å². The van der Waals surface area contributed by atoms with E-state index in [0.717, 1.165) is 32.2 Å². The van der Waals surface area contributed by atoms with Crippen molar-refractivity contribution in [2.75, 3.05) is 13.6 Å². The van der Waals surface area contributed by atoms with Crippen molar-refractivity contribution >= 4 is 5.91 Å². The van der Waals surface area contributed by atoms with Crippen molar-refractivity contribution in [2.24, 2.45) is 11.7 Å². The van der Waals surface area contributed by atoms with Gasteiger partial charge in [0.1, 0.15) is 0 Å². The van der Waals surface area contributed by atoms with Crippen LogP contribution in [-0.2, 0) is 4.79 Å². The van der Waals surface area contributed by atoms with Crippen molar-refractivity contribution in [2.45, 2.75) is 37.3 Å². The number of amides is 1. The zero-order chi connectivity index (χ0) is 10.3. The van der Waals surface area contributed by atoms with Gasteiger partial charge in [-0.3, -0.25) is 4.79 Å². The third kappa shape index (κ3) is 1.77. The second-order valence-electron chi connectivity index (χ2n) is 4.83. The number of carbonyl (C=O) groups is 1. The molecule has 0 aliphatic heterocycles. The summed E-state index contributed by atoms with van der Waals surface area (Å²) in [4.78, 5) is 13.4. The van der Waals surface area contributed by atoms with Gasteiger partial charge < -0.3 is 15.7 Å². The van der Waals surface area contributed by atoms with Crippen molar-refractivity contribution in [3.63, 3.8) is 0 Å². The highest BCUT2D eigenvalue weighted by molar-refractivity contribution is 5.88. The van der Waals surface area contributed by atoms with Gasteiger partial charge in [0, 0.05) is 13.6 Å². The largest absolute Gasteiger partial charge is 0.393 e. The Bertz CT molecular complexity index is 245. The molecule has 0 heterocycles. The van der Waals surface area contributed by atoms with Crippen LogP contribution in [0.25, 0.3) is 0 Å². The molecule has 0 aromatic carbocycles. The molecule has 4 nitrogen and oxygen atoms in total. The lowest BCUT2D eigenvalue weighted by Crippen LogP contribution is -2.47. The highest BCUT2D eigenvalue weighted by Gasteiger charge is 2.47. The zero-order valence-electron chi connectivity index (χ0n) is 8.57. The zero-order valence-corrected chi connectivity index (χ0v) is 8.57. The molecule has 14 heavy (non-hydrogen) atoms. The van der Waals surface area contributed by atoms with Crippen molar-refractivity contribution in [3.8, 4) is 0 Å². The van der Waals surface area contributed by atoms with E-state index in [2.05, 4.69) is 0 Å². The maximum absolute atomic E-state index is 11.7. The van der Waals surface area contributed by atoms with Crippen molar-refractivity contribution in [1.29, 1.82) is 0 Å². The number of aliphatic hydroxyl groups excluding tert-OH is 1. The Kier molecular flexibility index (Phi) is 2.27. The van der Waals surface area contributed by atoms with Gasteiger partial charge in [0.25, 0.3) is 0 Å². The number of nitrogens with zero attached hydrogens (tertiary/aromatic N) is 1. The first-order valence-corrected chi connectivity index (χ1v) is 5.24. The Labute approximate surface area is 84.1 Å². The average Bonchev–Trinajstić information content (AvgIpc) is 2.81. The van der Waals surface area contributed by atoms with Crippen molar-refractivity contribution in [3.05, 3.63) is 0 Å². The third-order valence-corrected chi connectivity index (χ3v) is 3.30. The Morgan fingerprint density at radius 3 is 2.57 bits per heavy atom. The van der Waals surface area contributed by atoms with Gasteiger partial charge in [0.15, 0.2) is 0 Å². The van der Waals surface area contributed by atoms with Crippen LogP contribution in [0.5, 0.6) is 0 Å². The van der Waals surface area contributed by atoms with E-state index < -0.39 is 5.54 Å². The molecule has 2 saturated carbocycles. The number of hydrogen-bond donors (Lipinski definition) is 2. The van der Waals surface area contributed by atoms with Gasteiger partial charge >= 0.3 is 0 Å². The lowest BCUT2D eigenvalue weighted by molar-refractivity contribution is -0.133. The lowest BCUT2D eigenvalue weighted by Gasteiger charge is -2.35. The van der Waals surface area contributed by atoms with Crippen LogP contribution in [0.3, 0.4) is 0 Å². The second kappa shape index (κ2) is 3.21. The van der Waals surface area contributed by atoms with Gasteiger partial charge in [-0.25, -0.2) is 0 Å². The minimum atomic E-state index is -0.545. The van der Waals surface area contributed by atoms with Gasteiger partial charge in [0.05, 0.1) is 11.6 Å². The van der Waals surface area contributed by atoms with E-state index in [4.69, 9.17) is 10.8 Å². The molecule has 0 spiro atoms. The summed E-state index contributed by atoms with van der Waals surface area (Å²) < 4.78 is 0. The summed E-state index contributed by atoms with van der Waals surface area (Å²) in [6, 6.07) is 0. The van der Waals surface area contributed by atoms with Gasteiger partial charge in [0.2, 0.25) is 5.91 Å². The lowest BCUT2D eigenvalue weighted by atomic mass is 9.82. The summed E-state index contributed by atoms with van der Waals surface area (Å²) in [5.41, 5.74) is 5.27. The van der Waals surface area contributed by atoms with E-state index in [9.17, 15) is 4.79 Å². The van der Waals surface area contributed by atoms with E-state index in [1.54, 1.807) is 11.9 Å². The van der Waals surface area contributed by atoms with E-state index in [-0.39, 0.29) is 12.0 Å². The first-order valence-electron chi connectivity index (χ1n) is 5.24. The third-order valence-electron chi connectivity index (χ3n) is 3.30. The van der Waals surface area contributed by atoms with Gasteiger partial charge in [-0.05, 0) is 31.6 Å². The van der Waals surface area contributed by atoms with Crippen LogP contribution in [0.15, 0.2) is 0 Å². The highest BCUT2D eigenvalue weighted by atomic mass is 16.3. The fraction of sp³-hybridized carbons (Fsp3) is 0.900. The molecular formula is C10H18N2O2. The molecule has 3 N–H and O–H groups in total. The molecule has 1 amide bonds. The monoisotopic (exact) mass is 198 g/mol. The number of rotatable bonds is 3. The highest BCUT2D eigenvalue weighted by Crippen LogP contribution is 2.35. The van der Waals surface area contributed by atoms with Crippen LogP contribution >= 0.6 is 0 Å². The van der Waals surface area contributed by atoms with Crippen molar-refractivity contribution < 1.29 is 9.90 Å². The normalized spacial score (nSPS) is 33.4. The van der Waals surface area contributed by atoms with Crippen LogP contribution in [0.4, 0.5) is 0 Å². The van der Waals surface area contributed by atoms with Crippen LogP contribution < -0.4 is 5.73 Å². The first kappa shape index (κ1) is 9.93. The number of nitrogens with two attached hydrogens (primary N) is 1. The standard InChI is InChI=1S/C10H18N2O2/c1-12(6-7-4-8(13)5-7)9(14)10(11)2-3-10/h7-8,13H,2-6,11H2,1H3. The molecule has 2 rings (SSSR count). The molecule has 2 fully saturated rings. The van der Waals surface area contributed by atoms with Crippen LogP contribution in [0.2, 0.25) is 0 Å². The van der Waals surface area contributed by atoms with E-state index in [1.165, 1.54) is 0 Å². The SMILES string of the molecule is CN(CC1CC(O)C1)C(=O)C1(N)CC1. The van der Waals surface area contributed by atoms with Crippen LogP contribution in [-0.4, -0.2) is 41.1 Å². The van der Waals surface area contributed by atoms with Crippen molar-refractivity contribution in [1.82, 2.24) is 4.90 Å². The maximum Gasteiger partial charge on any atom is 0.242 e. The molecule has 0 saturated heterocycles. The fourth-order valence-corrected chi connectivity index (χ4v) is 2.05. The molecule has 2 aliphatic carbocycles. The van der Waals surface area contributed by atoms with Crippen LogP contribution in [0.1, 0.15) is 25.7 Å². The van der Waals surface area contributed by atoms with Gasteiger partial charge in [-0.2, -0.15) is 0 Å². The summed E-state index contributed by atoms with van der Waals surface area (Å²) in [5, 5.41) is 9.11. The number of aliphatic hydroxyl groups is 1. The summed E-state index contributed by atoms with van der Waals surface area (Å²) in [5.74, 6) is 0.542. The molecule has 0 aromatic rings. The fourth-order valence-electron chi connectivity index (χ4n) is 2.05. The Balaban J connectivity index is 1.78. The molecule has 80 valence electrons. The summed E-state index contributed by atoms with van der Waals surface area (Å²) in [6.07, 6.45) is 3.16. The number of carbonyl (C=O) groups excluding carboxylic acids is 1. The summed E-state index contributed by atoms with van der Waals surface area (Å²) >= 11 is 0. The number of likely N-dealkylation sites (N-methyl/N-ethyl adjacent to an activating group) is 1. The Morgan fingerprint density at radius 2 is 2.14 bits per heavy atom. The van der Waals surface area contributed by atoms with Gasteiger partial charge in [-0.1, -0.05) is 0 Å². The predicted molar refractivity (Wildman–Crippen MR) is 52.5 cm³/mol. The predicted octanol–water partition coefficient (Wildman–Crippen LogP) is -0.293. The molecule has 0 unspecified atom stereocenters. The Hall–Kier alpha value is -0.610. The molecular weight excluding hydrogens is 180 g/mol. The maximum atomic E-state index is 11.7. The van der Waals surface area contributed by atoms with E-state index in [0.29, 0.717) is 5.92 Å². The van der Waals surface area contributed by atoms with E-state index >= 15 is 0 Å². The molecule has 4 heteroatoms. The average molecular weight is 198 g/mol. The minimum Gasteiger partial charge on any atom is -0.393 e.